The van der Waals surface area contributed by atoms with E-state index in [0.717, 1.165) is 16.8 Å². The van der Waals surface area contributed by atoms with Crippen LogP contribution in [0.4, 0.5) is 8.78 Å². The molecule has 0 unspecified atom stereocenters. The minimum Gasteiger partial charge on any atom is -0.346 e. The zero-order valence-corrected chi connectivity index (χ0v) is 13.0. The Morgan fingerprint density at radius 2 is 1.96 bits per heavy atom. The third-order valence-corrected chi connectivity index (χ3v) is 3.56. The molecule has 0 radical (unpaired) electrons. The van der Waals surface area contributed by atoms with Crippen molar-refractivity contribution in [1.82, 2.24) is 20.1 Å². The smallest absolute Gasteiger partial charge is 0.253 e. The van der Waals surface area contributed by atoms with Crippen LogP contribution in [0.5, 0.6) is 0 Å². The van der Waals surface area contributed by atoms with E-state index in [9.17, 15) is 13.6 Å². The molecule has 24 heavy (non-hydrogen) atoms. The van der Waals surface area contributed by atoms with E-state index in [-0.39, 0.29) is 22.8 Å². The van der Waals surface area contributed by atoms with Crippen LogP contribution in [0, 0.1) is 11.6 Å². The highest BCUT2D eigenvalue weighted by molar-refractivity contribution is 6.33. The van der Waals surface area contributed by atoms with Crippen molar-refractivity contribution in [2.24, 2.45) is 0 Å². The summed E-state index contributed by atoms with van der Waals surface area (Å²) in [6.45, 7) is 0.0839. The van der Waals surface area contributed by atoms with E-state index in [1.165, 1.54) is 30.7 Å². The number of aromatic nitrogens is 3. The first-order chi connectivity index (χ1) is 11.6. The van der Waals surface area contributed by atoms with E-state index in [1.54, 1.807) is 6.07 Å². The molecule has 5 nitrogen and oxygen atoms in total. The number of carbonyl (C=O) groups is 1. The van der Waals surface area contributed by atoms with Gasteiger partial charge in [0.25, 0.3) is 5.91 Å². The summed E-state index contributed by atoms with van der Waals surface area (Å²) in [7, 11) is 0. The van der Waals surface area contributed by atoms with Crippen molar-refractivity contribution < 1.29 is 13.6 Å². The zero-order chi connectivity index (χ0) is 17.1. The van der Waals surface area contributed by atoms with Gasteiger partial charge in [0.1, 0.15) is 5.69 Å². The molecule has 8 heteroatoms. The van der Waals surface area contributed by atoms with Gasteiger partial charge < -0.3 is 5.32 Å². The van der Waals surface area contributed by atoms with Gasteiger partial charge in [0.05, 0.1) is 22.8 Å². The number of hydrogen-bond acceptors (Lipinski definition) is 3. The van der Waals surface area contributed by atoms with Gasteiger partial charge in [-0.1, -0.05) is 17.7 Å². The van der Waals surface area contributed by atoms with Gasteiger partial charge in [0.2, 0.25) is 0 Å². The highest BCUT2D eigenvalue weighted by Gasteiger charge is 2.13. The molecule has 0 spiro atoms. The Balaban J connectivity index is 1.73. The topological polar surface area (TPSA) is 59.8 Å². The molecule has 1 aromatic carbocycles. The van der Waals surface area contributed by atoms with Crippen molar-refractivity contribution in [3.8, 4) is 5.69 Å². The molecule has 0 saturated heterocycles. The third-order valence-electron chi connectivity index (χ3n) is 3.26. The van der Waals surface area contributed by atoms with Gasteiger partial charge in [-0.15, -0.1) is 0 Å². The molecule has 122 valence electrons. The van der Waals surface area contributed by atoms with Crippen LogP contribution in [0.2, 0.25) is 5.02 Å². The van der Waals surface area contributed by atoms with Gasteiger partial charge in [-0.2, -0.15) is 5.10 Å². The molecule has 1 amide bonds. The number of carbonyl (C=O) groups excluding carboxylic acids is 1. The maximum atomic E-state index is 13.7. The summed E-state index contributed by atoms with van der Waals surface area (Å²) in [6.07, 6.45) is 4.24. The standard InChI is InChI=1S/C16H11ClF2N4O/c17-12-9-20-6-4-11(12)16(24)21-8-10-5-7-23(22-10)15-13(18)2-1-3-14(15)19/h1-7,9H,8H2,(H,21,24). The maximum Gasteiger partial charge on any atom is 0.253 e. The molecule has 3 aromatic rings. The Labute approximate surface area is 140 Å². The van der Waals surface area contributed by atoms with Crippen molar-refractivity contribution in [2.75, 3.05) is 0 Å². The number of para-hydroxylation sites is 1. The highest BCUT2D eigenvalue weighted by Crippen LogP contribution is 2.17. The molecule has 0 fully saturated rings. The lowest BCUT2D eigenvalue weighted by atomic mass is 10.2. The second kappa shape index (κ2) is 6.76. The van der Waals surface area contributed by atoms with Crippen LogP contribution in [0.25, 0.3) is 5.69 Å². The Bertz CT molecular complexity index is 877. The summed E-state index contributed by atoms with van der Waals surface area (Å²) < 4.78 is 28.6. The third kappa shape index (κ3) is 3.26. The van der Waals surface area contributed by atoms with Crippen LogP contribution in [0.3, 0.4) is 0 Å². The predicted molar refractivity (Wildman–Crippen MR) is 83.9 cm³/mol. The van der Waals surface area contributed by atoms with Crippen molar-refractivity contribution in [3.63, 3.8) is 0 Å². The average molecular weight is 349 g/mol. The minimum atomic E-state index is -0.725. The number of hydrogen-bond donors (Lipinski definition) is 1. The number of nitrogens with one attached hydrogen (secondary N) is 1. The van der Waals surface area contributed by atoms with Gasteiger partial charge in [-0.3, -0.25) is 9.78 Å². The summed E-state index contributed by atoms with van der Waals surface area (Å²) in [6, 6.07) is 6.61. The first kappa shape index (κ1) is 16.1. The molecular weight excluding hydrogens is 338 g/mol. The molecule has 3 rings (SSSR count). The van der Waals surface area contributed by atoms with Gasteiger partial charge >= 0.3 is 0 Å². The molecule has 2 heterocycles. The van der Waals surface area contributed by atoms with E-state index < -0.39 is 17.5 Å². The Kier molecular flexibility index (Phi) is 4.52. The van der Waals surface area contributed by atoms with Gasteiger partial charge in [-0.25, -0.2) is 13.5 Å². The van der Waals surface area contributed by atoms with Crippen molar-refractivity contribution in [3.05, 3.63) is 76.8 Å². The molecule has 1 N–H and O–H groups in total. The zero-order valence-electron chi connectivity index (χ0n) is 12.2. The summed E-state index contributed by atoms with van der Waals surface area (Å²) in [4.78, 5) is 15.8. The van der Waals surface area contributed by atoms with Gasteiger partial charge in [0.15, 0.2) is 11.6 Å². The van der Waals surface area contributed by atoms with Crippen LogP contribution < -0.4 is 5.32 Å². The first-order valence-corrected chi connectivity index (χ1v) is 7.30. The van der Waals surface area contributed by atoms with Crippen LogP contribution in [0.1, 0.15) is 16.1 Å². The molecule has 0 bridgehead atoms. The molecule has 0 aliphatic heterocycles. The summed E-state index contributed by atoms with van der Waals surface area (Å²) in [5.41, 5.74) is 0.453. The highest BCUT2D eigenvalue weighted by atomic mass is 35.5. The van der Waals surface area contributed by atoms with E-state index in [0.29, 0.717) is 5.69 Å². The Morgan fingerprint density at radius 3 is 2.67 bits per heavy atom. The lowest BCUT2D eigenvalue weighted by Crippen LogP contribution is -2.23. The minimum absolute atomic E-state index is 0.0839. The van der Waals surface area contributed by atoms with E-state index in [4.69, 9.17) is 11.6 Å². The number of amides is 1. The van der Waals surface area contributed by atoms with E-state index >= 15 is 0 Å². The van der Waals surface area contributed by atoms with Crippen LogP contribution >= 0.6 is 11.6 Å². The fraction of sp³-hybridized carbons (Fsp3) is 0.0625. The second-order valence-electron chi connectivity index (χ2n) is 4.86. The van der Waals surface area contributed by atoms with Crippen molar-refractivity contribution >= 4 is 17.5 Å². The molecule has 0 aliphatic rings. The SMILES string of the molecule is O=C(NCc1ccn(-c2c(F)cccc2F)n1)c1ccncc1Cl. The Morgan fingerprint density at radius 1 is 1.21 bits per heavy atom. The second-order valence-corrected chi connectivity index (χ2v) is 5.27. The number of pyridine rings is 1. The molecular formula is C16H11ClF2N4O. The first-order valence-electron chi connectivity index (χ1n) is 6.93. The monoisotopic (exact) mass is 348 g/mol. The van der Waals surface area contributed by atoms with Gasteiger partial charge in [-0.05, 0) is 24.3 Å². The number of nitrogens with zero attached hydrogens (tertiary/aromatic N) is 3. The number of halogens is 3. The summed E-state index contributed by atoms with van der Waals surface area (Å²) in [5.74, 6) is -1.84. The van der Waals surface area contributed by atoms with Crippen LogP contribution in [-0.2, 0) is 6.54 Å². The van der Waals surface area contributed by atoms with Crippen LogP contribution in [-0.4, -0.2) is 20.7 Å². The quantitative estimate of drug-likeness (QED) is 0.788. The summed E-state index contributed by atoms with van der Waals surface area (Å²) in [5, 5.41) is 6.93. The average Bonchev–Trinajstić information content (AvgIpc) is 3.01. The van der Waals surface area contributed by atoms with Crippen molar-refractivity contribution in [1.29, 1.82) is 0 Å². The molecule has 0 saturated carbocycles. The lowest BCUT2D eigenvalue weighted by molar-refractivity contribution is 0.0950. The largest absolute Gasteiger partial charge is 0.346 e. The fourth-order valence-corrected chi connectivity index (χ4v) is 2.32. The normalized spacial score (nSPS) is 10.6. The Hall–Kier alpha value is -2.80. The molecule has 0 aliphatic carbocycles. The number of rotatable bonds is 4. The maximum absolute atomic E-state index is 13.7. The fourth-order valence-electron chi connectivity index (χ4n) is 2.11. The number of benzene rings is 1. The molecule has 0 atom stereocenters. The van der Waals surface area contributed by atoms with E-state index in [1.807, 2.05) is 0 Å². The molecule has 2 aromatic heterocycles. The van der Waals surface area contributed by atoms with E-state index in [2.05, 4.69) is 15.4 Å². The van der Waals surface area contributed by atoms with Crippen molar-refractivity contribution in [2.45, 2.75) is 6.54 Å². The van der Waals surface area contributed by atoms with Gasteiger partial charge in [0, 0.05) is 18.6 Å². The summed E-state index contributed by atoms with van der Waals surface area (Å²) >= 11 is 5.89. The lowest BCUT2D eigenvalue weighted by Gasteiger charge is -2.06. The predicted octanol–water partition coefficient (Wildman–Crippen LogP) is 3.13. The van der Waals surface area contributed by atoms with Crippen LogP contribution in [0.15, 0.2) is 48.9 Å².